The van der Waals surface area contributed by atoms with Crippen LogP contribution >= 0.6 is 0 Å². The van der Waals surface area contributed by atoms with Gasteiger partial charge in [-0.1, -0.05) is 25.8 Å². The third kappa shape index (κ3) is 5.17. The maximum absolute atomic E-state index is 13.7. The van der Waals surface area contributed by atoms with Crippen molar-refractivity contribution in [1.29, 1.82) is 0 Å². The second-order valence-electron chi connectivity index (χ2n) is 4.73. The molecule has 0 aliphatic heterocycles. The van der Waals surface area contributed by atoms with Gasteiger partial charge in [0.1, 0.15) is 0 Å². The Labute approximate surface area is 119 Å². The highest BCUT2D eigenvalue weighted by atomic mass is 19.1. The zero-order valence-corrected chi connectivity index (χ0v) is 12.1. The number of ether oxygens (including phenoxy) is 1. The Kier molecular flexibility index (Phi) is 7.01. The molecule has 0 spiro atoms. The van der Waals surface area contributed by atoms with E-state index in [0.29, 0.717) is 12.1 Å². The molecule has 0 aromatic heterocycles. The van der Waals surface area contributed by atoms with Crippen molar-refractivity contribution in [3.8, 4) is 5.75 Å². The molecule has 1 aromatic carbocycles. The van der Waals surface area contributed by atoms with Gasteiger partial charge in [0.25, 0.3) is 5.91 Å². The second-order valence-corrected chi connectivity index (χ2v) is 4.73. The zero-order valence-electron chi connectivity index (χ0n) is 12.1. The molecule has 0 heterocycles. The molecular formula is C15H23FN2O2. The molecule has 1 amide bonds. The Hall–Kier alpha value is -1.62. The predicted molar refractivity (Wildman–Crippen MR) is 76.9 cm³/mol. The second kappa shape index (κ2) is 8.53. The molecule has 20 heavy (non-hydrogen) atoms. The number of hydrogen-bond donors (Lipinski definition) is 2. The lowest BCUT2D eigenvalue weighted by atomic mass is 10.2. The third-order valence-corrected chi connectivity index (χ3v) is 2.98. The number of amides is 1. The number of nitrogens with two attached hydrogens (primary N) is 1. The molecule has 112 valence electrons. The molecule has 5 heteroatoms. The molecule has 0 saturated carbocycles. The average Bonchev–Trinajstić information content (AvgIpc) is 2.45. The van der Waals surface area contributed by atoms with E-state index in [1.54, 1.807) is 13.0 Å². The summed E-state index contributed by atoms with van der Waals surface area (Å²) in [7, 11) is 0. The van der Waals surface area contributed by atoms with Gasteiger partial charge in [-0.3, -0.25) is 4.79 Å². The first-order valence-electron chi connectivity index (χ1n) is 7.01. The molecule has 4 nitrogen and oxygen atoms in total. The fourth-order valence-electron chi connectivity index (χ4n) is 1.74. The minimum Gasteiger partial charge on any atom is -0.478 e. The highest BCUT2D eigenvalue weighted by molar-refractivity contribution is 5.80. The Morgan fingerprint density at radius 1 is 1.45 bits per heavy atom. The van der Waals surface area contributed by atoms with E-state index in [1.807, 2.05) is 0 Å². The lowest BCUT2D eigenvalue weighted by molar-refractivity contribution is -0.127. The van der Waals surface area contributed by atoms with E-state index in [4.69, 9.17) is 10.5 Å². The van der Waals surface area contributed by atoms with Gasteiger partial charge in [-0.05, 0) is 31.0 Å². The van der Waals surface area contributed by atoms with Crippen LogP contribution in [0.3, 0.4) is 0 Å². The van der Waals surface area contributed by atoms with Crippen LogP contribution in [0.2, 0.25) is 0 Å². The van der Waals surface area contributed by atoms with Gasteiger partial charge < -0.3 is 15.8 Å². The van der Waals surface area contributed by atoms with Gasteiger partial charge in [0.2, 0.25) is 0 Å². The van der Waals surface area contributed by atoms with Gasteiger partial charge in [-0.2, -0.15) is 0 Å². The number of rotatable bonds is 8. The van der Waals surface area contributed by atoms with Crippen LogP contribution in [-0.4, -0.2) is 18.6 Å². The molecule has 1 rings (SSSR count). The summed E-state index contributed by atoms with van der Waals surface area (Å²) >= 11 is 0. The molecule has 1 atom stereocenters. The van der Waals surface area contributed by atoms with Crippen molar-refractivity contribution in [2.75, 3.05) is 6.54 Å². The quantitative estimate of drug-likeness (QED) is 0.719. The smallest absolute Gasteiger partial charge is 0.260 e. The third-order valence-electron chi connectivity index (χ3n) is 2.98. The maximum Gasteiger partial charge on any atom is 0.260 e. The molecule has 3 N–H and O–H groups in total. The summed E-state index contributed by atoms with van der Waals surface area (Å²) in [5.41, 5.74) is 6.11. The van der Waals surface area contributed by atoms with Crippen molar-refractivity contribution in [2.24, 2.45) is 5.73 Å². The summed E-state index contributed by atoms with van der Waals surface area (Å²) in [6.45, 7) is 4.59. The average molecular weight is 282 g/mol. The molecule has 0 saturated heterocycles. The molecule has 0 radical (unpaired) electrons. The zero-order chi connectivity index (χ0) is 15.0. The summed E-state index contributed by atoms with van der Waals surface area (Å²) in [6, 6.07) is 4.50. The summed E-state index contributed by atoms with van der Waals surface area (Å²) in [6.07, 6.45) is 2.38. The molecule has 1 unspecified atom stereocenters. The van der Waals surface area contributed by atoms with Gasteiger partial charge in [0.15, 0.2) is 17.7 Å². The van der Waals surface area contributed by atoms with Crippen LogP contribution in [0.4, 0.5) is 4.39 Å². The minimum absolute atomic E-state index is 0.0680. The number of hydrogen-bond acceptors (Lipinski definition) is 3. The van der Waals surface area contributed by atoms with Gasteiger partial charge in [-0.15, -0.1) is 0 Å². The first-order valence-corrected chi connectivity index (χ1v) is 7.01. The molecule has 0 aliphatic carbocycles. The fraction of sp³-hybridized carbons (Fsp3) is 0.533. The van der Waals surface area contributed by atoms with E-state index < -0.39 is 11.9 Å². The van der Waals surface area contributed by atoms with E-state index in [1.165, 1.54) is 12.1 Å². The number of halogens is 1. The van der Waals surface area contributed by atoms with Crippen LogP contribution < -0.4 is 15.8 Å². The minimum atomic E-state index is -0.727. The van der Waals surface area contributed by atoms with Crippen LogP contribution in [0.5, 0.6) is 5.75 Å². The number of unbranched alkanes of at least 4 members (excludes halogenated alkanes) is 2. The van der Waals surface area contributed by atoms with Crippen molar-refractivity contribution >= 4 is 5.91 Å². The SMILES string of the molecule is CCCCCNC(=O)C(C)Oc1ccc(CN)cc1F. The van der Waals surface area contributed by atoms with E-state index in [0.717, 1.165) is 19.3 Å². The van der Waals surface area contributed by atoms with Crippen molar-refractivity contribution in [1.82, 2.24) is 5.32 Å². The number of carbonyl (C=O) groups is 1. The first-order chi connectivity index (χ1) is 9.58. The Bertz CT molecular complexity index is 438. The maximum atomic E-state index is 13.7. The Balaban J connectivity index is 2.48. The van der Waals surface area contributed by atoms with Gasteiger partial charge in [0, 0.05) is 13.1 Å². The van der Waals surface area contributed by atoms with Crippen LogP contribution in [0.15, 0.2) is 18.2 Å². The van der Waals surface area contributed by atoms with Gasteiger partial charge >= 0.3 is 0 Å². The molecular weight excluding hydrogens is 259 g/mol. The highest BCUT2D eigenvalue weighted by Crippen LogP contribution is 2.19. The lowest BCUT2D eigenvalue weighted by Crippen LogP contribution is -2.37. The number of carbonyl (C=O) groups excluding carboxylic acids is 1. The summed E-state index contributed by atoms with van der Waals surface area (Å²) in [4.78, 5) is 11.8. The van der Waals surface area contributed by atoms with Crippen molar-refractivity contribution in [3.63, 3.8) is 0 Å². The van der Waals surface area contributed by atoms with Gasteiger partial charge in [-0.25, -0.2) is 4.39 Å². The summed E-state index contributed by atoms with van der Waals surface area (Å²) in [5.74, 6) is -0.666. The molecule has 0 aliphatic rings. The van der Waals surface area contributed by atoms with E-state index in [2.05, 4.69) is 12.2 Å². The van der Waals surface area contributed by atoms with E-state index >= 15 is 0 Å². The standard InChI is InChI=1S/C15H23FN2O2/c1-3-4-5-8-18-15(19)11(2)20-14-7-6-12(10-17)9-13(14)16/h6-7,9,11H,3-5,8,10,17H2,1-2H3,(H,18,19). The molecule has 0 fully saturated rings. The summed E-state index contributed by atoms with van der Waals surface area (Å²) in [5, 5.41) is 2.77. The van der Waals surface area contributed by atoms with E-state index in [9.17, 15) is 9.18 Å². The van der Waals surface area contributed by atoms with Gasteiger partial charge in [0.05, 0.1) is 0 Å². The van der Waals surface area contributed by atoms with Crippen LogP contribution in [0, 0.1) is 5.82 Å². The lowest BCUT2D eigenvalue weighted by Gasteiger charge is -2.15. The first kappa shape index (κ1) is 16.4. The topological polar surface area (TPSA) is 64.3 Å². The van der Waals surface area contributed by atoms with Crippen LogP contribution in [0.1, 0.15) is 38.7 Å². The Morgan fingerprint density at radius 3 is 2.80 bits per heavy atom. The fourth-order valence-corrected chi connectivity index (χ4v) is 1.74. The largest absolute Gasteiger partial charge is 0.478 e. The van der Waals surface area contributed by atoms with Crippen molar-refractivity contribution in [2.45, 2.75) is 45.8 Å². The monoisotopic (exact) mass is 282 g/mol. The number of nitrogens with one attached hydrogen (secondary N) is 1. The highest BCUT2D eigenvalue weighted by Gasteiger charge is 2.16. The molecule has 1 aromatic rings. The predicted octanol–water partition coefficient (Wildman–Crippen LogP) is 2.36. The van der Waals surface area contributed by atoms with E-state index in [-0.39, 0.29) is 18.2 Å². The van der Waals surface area contributed by atoms with Crippen LogP contribution in [-0.2, 0) is 11.3 Å². The normalized spacial score (nSPS) is 12.0. The van der Waals surface area contributed by atoms with Crippen LogP contribution in [0.25, 0.3) is 0 Å². The Morgan fingerprint density at radius 2 is 2.20 bits per heavy atom. The van der Waals surface area contributed by atoms with Crippen molar-refractivity contribution < 1.29 is 13.9 Å². The number of benzene rings is 1. The summed E-state index contributed by atoms with van der Waals surface area (Å²) < 4.78 is 19.0. The van der Waals surface area contributed by atoms with Crippen molar-refractivity contribution in [3.05, 3.63) is 29.6 Å². The molecule has 0 bridgehead atoms.